The predicted octanol–water partition coefficient (Wildman–Crippen LogP) is 5.41. The molecule has 0 aromatic heterocycles. The van der Waals surface area contributed by atoms with E-state index in [0.717, 1.165) is 18.4 Å². The Morgan fingerprint density at radius 2 is 1.69 bits per heavy atom. The van der Waals surface area contributed by atoms with E-state index < -0.39 is 46.5 Å². The summed E-state index contributed by atoms with van der Waals surface area (Å²) in [5, 5.41) is 1.71. The van der Waals surface area contributed by atoms with Gasteiger partial charge in [-0.1, -0.05) is 36.4 Å². The molecule has 1 atom stereocenters. The molecule has 10 heteroatoms. The maximum Gasteiger partial charge on any atom is 0.408 e. The number of hydrogen-bond acceptors (Lipinski definition) is 9. The second-order valence-electron chi connectivity index (χ2n) is 9.46. The van der Waals surface area contributed by atoms with Gasteiger partial charge in [0.25, 0.3) is 0 Å². The fourth-order valence-electron chi connectivity index (χ4n) is 3.05. The summed E-state index contributed by atoms with van der Waals surface area (Å²) in [5.74, 6) is -1.38. The molecule has 0 bridgehead atoms. The Balaban J connectivity index is 0.00000684. The van der Waals surface area contributed by atoms with E-state index >= 15 is 0 Å². The van der Waals surface area contributed by atoms with Crippen LogP contribution in [0.5, 0.6) is 0 Å². The van der Waals surface area contributed by atoms with E-state index in [0.29, 0.717) is 17.3 Å². The predicted molar refractivity (Wildman–Crippen MR) is 138 cm³/mol. The zero-order valence-electron chi connectivity index (χ0n) is 21.2. The first-order valence-electron chi connectivity index (χ1n) is 11.5. The molecule has 0 radical (unpaired) electrons. The van der Waals surface area contributed by atoms with Crippen molar-refractivity contribution >= 4 is 35.1 Å². The minimum atomic E-state index is -1.25. The maximum absolute atomic E-state index is 13.0. The van der Waals surface area contributed by atoms with Crippen molar-refractivity contribution in [2.45, 2.75) is 63.9 Å². The lowest BCUT2D eigenvalue weighted by Gasteiger charge is -2.32. The number of thioether (sulfide) groups is 1. The first-order valence-corrected chi connectivity index (χ1v) is 12.3. The second kappa shape index (κ2) is 13.2. The minimum Gasteiger partial charge on any atom is -0.459 e. The molecule has 1 N–H and O–H groups in total. The lowest BCUT2D eigenvalue weighted by Crippen LogP contribution is -2.54. The van der Waals surface area contributed by atoms with Crippen molar-refractivity contribution < 1.29 is 39.6 Å². The summed E-state index contributed by atoms with van der Waals surface area (Å²) in [6.07, 6.45) is 6.77. The number of nitrogens with one attached hydrogen (secondary N) is 1. The summed E-state index contributed by atoms with van der Waals surface area (Å²) in [7, 11) is 0. The molecular formula is C26H35NO8S. The van der Waals surface area contributed by atoms with Crippen LogP contribution in [0.25, 0.3) is 0 Å². The summed E-state index contributed by atoms with van der Waals surface area (Å²) in [5.41, 5.74) is 0.360. The van der Waals surface area contributed by atoms with Crippen LogP contribution in [-0.2, 0) is 23.7 Å². The highest BCUT2D eigenvalue weighted by molar-refractivity contribution is 8.14. The zero-order chi connectivity index (χ0) is 26.8. The average Bonchev–Trinajstić information content (AvgIpc) is 2.80. The van der Waals surface area contributed by atoms with Crippen LogP contribution in [0.4, 0.5) is 9.59 Å². The van der Waals surface area contributed by atoms with Gasteiger partial charge in [-0.3, -0.25) is 0 Å². The summed E-state index contributed by atoms with van der Waals surface area (Å²) in [6, 6.07) is 7.01. The van der Waals surface area contributed by atoms with E-state index in [1.807, 2.05) is 18.2 Å². The van der Waals surface area contributed by atoms with Crippen molar-refractivity contribution in [2.75, 3.05) is 13.4 Å². The zero-order valence-corrected chi connectivity index (χ0v) is 22.0. The number of esters is 2. The van der Waals surface area contributed by atoms with Crippen LogP contribution in [-0.4, -0.2) is 53.1 Å². The Hall–Kier alpha value is -3.27. The SMILES string of the molecule is CC(C)(C)OC(=O)N[C@@H](C(=O)OCC1=CCCC=C1)C(C)(C)SC(=O)OCOC(=O)c1ccccc1.[HH]. The second-order valence-corrected chi connectivity index (χ2v) is 11.1. The van der Waals surface area contributed by atoms with Gasteiger partial charge in [-0.2, -0.15) is 0 Å². The maximum atomic E-state index is 13.0. The number of hydrogen-bond donors (Lipinski definition) is 1. The molecule has 1 aromatic carbocycles. The molecule has 0 unspecified atom stereocenters. The molecule has 9 nitrogen and oxygen atoms in total. The number of carbonyl (C=O) groups excluding carboxylic acids is 4. The highest BCUT2D eigenvalue weighted by atomic mass is 32.2. The number of ether oxygens (including phenoxy) is 4. The highest BCUT2D eigenvalue weighted by Gasteiger charge is 2.42. The van der Waals surface area contributed by atoms with Crippen LogP contribution in [0.1, 0.15) is 59.2 Å². The Kier molecular flexibility index (Phi) is 10.6. The summed E-state index contributed by atoms with van der Waals surface area (Å²) >= 11 is 0.655. The van der Waals surface area contributed by atoms with Crippen LogP contribution in [0, 0.1) is 0 Å². The van der Waals surface area contributed by atoms with Crippen LogP contribution in [0.3, 0.4) is 0 Å². The van der Waals surface area contributed by atoms with Crippen LogP contribution in [0.15, 0.2) is 54.1 Å². The number of amides is 1. The quantitative estimate of drug-likeness (QED) is 0.259. The number of allylic oxidation sites excluding steroid dienone is 2. The normalized spacial score (nSPS) is 14.2. The molecule has 0 saturated heterocycles. The first kappa shape index (κ1) is 29.0. The molecule has 1 aromatic rings. The molecule has 0 spiro atoms. The Morgan fingerprint density at radius 3 is 2.31 bits per heavy atom. The Morgan fingerprint density at radius 1 is 1.00 bits per heavy atom. The molecule has 1 amide bonds. The monoisotopic (exact) mass is 521 g/mol. The van der Waals surface area contributed by atoms with Gasteiger partial charge < -0.3 is 24.3 Å². The number of carbonyl (C=O) groups is 4. The van der Waals surface area contributed by atoms with E-state index in [4.69, 9.17) is 18.9 Å². The Labute approximate surface area is 217 Å². The fourth-order valence-corrected chi connectivity index (χ4v) is 3.86. The van der Waals surface area contributed by atoms with Gasteiger partial charge in [-0.25, -0.2) is 19.2 Å². The van der Waals surface area contributed by atoms with Gasteiger partial charge in [-0.15, -0.1) is 0 Å². The summed E-state index contributed by atoms with van der Waals surface area (Å²) in [4.78, 5) is 49.9. The molecule has 0 fully saturated rings. The summed E-state index contributed by atoms with van der Waals surface area (Å²) in [6.45, 7) is 7.66. The standard InChI is InChI=1S/C26H33NO8S.H2/c1-25(2,3)35-23(30)27-20(22(29)32-16-18-12-8-6-9-13-18)26(4,5)36-24(31)34-17-33-21(28)19-14-10-7-11-15-19;/h7-8,10-15,20H,6,9,16-17H2,1-5H3,(H,27,30);1H/t20-;/m0./s1. The third kappa shape index (κ3) is 10.2. The van der Waals surface area contributed by atoms with Crippen molar-refractivity contribution in [2.24, 2.45) is 0 Å². The van der Waals surface area contributed by atoms with Gasteiger partial charge in [0.1, 0.15) is 18.2 Å². The molecule has 0 saturated carbocycles. The average molecular weight is 522 g/mol. The molecule has 198 valence electrons. The van der Waals surface area contributed by atoms with Crippen LogP contribution in [0.2, 0.25) is 0 Å². The summed E-state index contributed by atoms with van der Waals surface area (Å²) < 4.78 is 19.5. The Bertz CT molecular complexity index is 1000. The van der Waals surface area contributed by atoms with Crippen LogP contribution < -0.4 is 5.32 Å². The van der Waals surface area contributed by atoms with Crippen LogP contribution >= 0.6 is 11.8 Å². The third-order valence-corrected chi connectivity index (χ3v) is 5.81. The van der Waals surface area contributed by atoms with Gasteiger partial charge in [0, 0.05) is 1.43 Å². The topological polar surface area (TPSA) is 117 Å². The molecule has 0 heterocycles. The smallest absolute Gasteiger partial charge is 0.408 e. The van der Waals surface area contributed by atoms with E-state index in [1.54, 1.807) is 65.0 Å². The van der Waals surface area contributed by atoms with Gasteiger partial charge in [0.2, 0.25) is 6.79 Å². The number of rotatable bonds is 9. The van der Waals surface area contributed by atoms with E-state index in [2.05, 4.69) is 5.32 Å². The lowest BCUT2D eigenvalue weighted by molar-refractivity contribution is -0.145. The minimum absolute atomic E-state index is 0. The highest BCUT2D eigenvalue weighted by Crippen LogP contribution is 2.31. The molecule has 1 aliphatic carbocycles. The largest absolute Gasteiger partial charge is 0.459 e. The van der Waals surface area contributed by atoms with Crippen molar-refractivity contribution in [1.29, 1.82) is 0 Å². The van der Waals surface area contributed by atoms with E-state index in [9.17, 15) is 19.2 Å². The van der Waals surface area contributed by atoms with Crippen molar-refractivity contribution in [3.05, 3.63) is 59.7 Å². The van der Waals surface area contributed by atoms with Crippen molar-refractivity contribution in [1.82, 2.24) is 5.32 Å². The van der Waals surface area contributed by atoms with E-state index in [1.165, 1.54) is 0 Å². The molecule has 2 rings (SSSR count). The third-order valence-electron chi connectivity index (χ3n) is 4.77. The molecule has 0 aliphatic heterocycles. The van der Waals surface area contributed by atoms with Gasteiger partial charge in [0.15, 0.2) is 0 Å². The van der Waals surface area contributed by atoms with Gasteiger partial charge >= 0.3 is 23.3 Å². The fraction of sp³-hybridized carbons (Fsp3) is 0.462. The van der Waals surface area contributed by atoms with Gasteiger partial charge in [-0.05, 0) is 76.9 Å². The first-order chi connectivity index (χ1) is 16.9. The lowest BCUT2D eigenvalue weighted by atomic mass is 10.0. The van der Waals surface area contributed by atoms with Crippen molar-refractivity contribution in [3.63, 3.8) is 0 Å². The number of alkyl carbamates (subject to hydrolysis) is 1. The molecule has 36 heavy (non-hydrogen) atoms. The van der Waals surface area contributed by atoms with E-state index in [-0.39, 0.29) is 8.03 Å². The number of benzene rings is 1. The van der Waals surface area contributed by atoms with Crippen molar-refractivity contribution in [3.8, 4) is 0 Å². The molecular weight excluding hydrogens is 486 g/mol. The van der Waals surface area contributed by atoms with Gasteiger partial charge in [0.05, 0.1) is 10.3 Å². The molecule has 1 aliphatic rings.